The summed E-state index contributed by atoms with van der Waals surface area (Å²) < 4.78 is 21.0. The summed E-state index contributed by atoms with van der Waals surface area (Å²) in [5.41, 5.74) is 2.95. The zero-order chi connectivity index (χ0) is 27.7. The normalized spacial score (nSPS) is 21.5. The molecule has 210 valence electrons. The average Bonchev–Trinajstić information content (AvgIpc) is 3.21. The van der Waals surface area contributed by atoms with Gasteiger partial charge < -0.3 is 24.9 Å². The SMILES string of the molecule is CSc1cc(C)[nH]c(=O)c1CNC(=O)c1c(C)n([C@H](C)C2CCC(NC3(CF)COC3)CC2)c2ncccc12. The fourth-order valence-corrected chi connectivity index (χ4v) is 6.98. The zero-order valence-corrected chi connectivity index (χ0v) is 23.9. The largest absolute Gasteiger partial charge is 0.377 e. The number of aromatic amines is 1. The Kier molecular flexibility index (Phi) is 8.16. The van der Waals surface area contributed by atoms with E-state index in [1.54, 1.807) is 6.20 Å². The Labute approximate surface area is 232 Å². The predicted molar refractivity (Wildman–Crippen MR) is 152 cm³/mol. The van der Waals surface area contributed by atoms with Gasteiger partial charge >= 0.3 is 0 Å². The van der Waals surface area contributed by atoms with Crippen LogP contribution in [0.1, 0.15) is 66.0 Å². The number of rotatable bonds is 9. The zero-order valence-electron chi connectivity index (χ0n) is 23.1. The highest BCUT2D eigenvalue weighted by Crippen LogP contribution is 2.38. The van der Waals surface area contributed by atoms with Crippen LogP contribution in [0.4, 0.5) is 4.39 Å². The molecule has 0 radical (unpaired) electrons. The van der Waals surface area contributed by atoms with Gasteiger partial charge in [-0.05, 0) is 76.8 Å². The minimum atomic E-state index is -0.497. The number of aryl methyl sites for hydroxylation is 1. The van der Waals surface area contributed by atoms with Crippen LogP contribution in [0, 0.1) is 19.8 Å². The number of hydrogen-bond acceptors (Lipinski definition) is 6. The molecular formula is C29H38FN5O3S. The smallest absolute Gasteiger partial charge is 0.254 e. The lowest BCUT2D eigenvalue weighted by atomic mass is 9.80. The molecule has 1 saturated carbocycles. The predicted octanol–water partition coefficient (Wildman–Crippen LogP) is 4.44. The number of carbonyl (C=O) groups excluding carboxylic acids is 1. The molecule has 0 unspecified atom stereocenters. The van der Waals surface area contributed by atoms with Crippen molar-refractivity contribution in [2.75, 3.05) is 26.1 Å². The van der Waals surface area contributed by atoms with E-state index in [1.807, 2.05) is 38.3 Å². The van der Waals surface area contributed by atoms with Gasteiger partial charge in [0.15, 0.2) is 0 Å². The van der Waals surface area contributed by atoms with Crippen molar-refractivity contribution in [1.82, 2.24) is 25.2 Å². The highest BCUT2D eigenvalue weighted by Gasteiger charge is 2.41. The first kappa shape index (κ1) is 27.9. The van der Waals surface area contributed by atoms with Crippen LogP contribution in [-0.4, -0.2) is 58.2 Å². The quantitative estimate of drug-likeness (QED) is 0.338. The van der Waals surface area contributed by atoms with E-state index in [9.17, 15) is 14.0 Å². The molecule has 3 aromatic rings. The van der Waals surface area contributed by atoms with Crippen molar-refractivity contribution in [3.63, 3.8) is 0 Å². The second kappa shape index (κ2) is 11.4. The van der Waals surface area contributed by atoms with E-state index in [1.165, 1.54) is 11.8 Å². The fraction of sp³-hybridized carbons (Fsp3) is 0.552. The van der Waals surface area contributed by atoms with Crippen molar-refractivity contribution in [2.24, 2.45) is 5.92 Å². The summed E-state index contributed by atoms with van der Waals surface area (Å²) in [4.78, 5) is 34.5. The Hall–Kier alpha value is -2.69. The van der Waals surface area contributed by atoms with E-state index in [0.717, 1.165) is 53.0 Å². The van der Waals surface area contributed by atoms with Crippen LogP contribution >= 0.6 is 11.8 Å². The summed E-state index contributed by atoms with van der Waals surface area (Å²) in [5.74, 6) is 0.208. The molecule has 2 fully saturated rings. The van der Waals surface area contributed by atoms with Crippen molar-refractivity contribution >= 4 is 28.7 Å². The topological polar surface area (TPSA) is 101 Å². The number of fused-ring (bicyclic) bond motifs is 1. The monoisotopic (exact) mass is 555 g/mol. The number of pyridine rings is 2. The third-order valence-electron chi connectivity index (χ3n) is 8.49. The average molecular weight is 556 g/mol. The minimum Gasteiger partial charge on any atom is -0.377 e. The molecule has 5 rings (SSSR count). The number of carbonyl (C=O) groups is 1. The van der Waals surface area contributed by atoms with Gasteiger partial charge in [0.05, 0.1) is 24.3 Å². The molecular weight excluding hydrogens is 517 g/mol. The van der Waals surface area contributed by atoms with E-state index in [2.05, 4.69) is 32.1 Å². The molecule has 8 nitrogen and oxygen atoms in total. The summed E-state index contributed by atoms with van der Waals surface area (Å²) in [5, 5.41) is 7.33. The van der Waals surface area contributed by atoms with Gasteiger partial charge in [-0.15, -0.1) is 11.8 Å². The Bertz CT molecular complexity index is 1400. The number of amides is 1. The van der Waals surface area contributed by atoms with Crippen LogP contribution in [0.5, 0.6) is 0 Å². The number of alkyl halides is 1. The highest BCUT2D eigenvalue weighted by molar-refractivity contribution is 7.98. The van der Waals surface area contributed by atoms with Gasteiger partial charge in [-0.1, -0.05) is 0 Å². The molecule has 1 aliphatic carbocycles. The molecule has 1 amide bonds. The molecule has 10 heteroatoms. The lowest BCUT2D eigenvalue weighted by Gasteiger charge is -2.44. The maximum Gasteiger partial charge on any atom is 0.254 e. The molecule has 1 saturated heterocycles. The summed E-state index contributed by atoms with van der Waals surface area (Å²) >= 11 is 1.49. The van der Waals surface area contributed by atoms with Crippen molar-refractivity contribution in [1.29, 1.82) is 0 Å². The molecule has 3 N–H and O–H groups in total. The number of ether oxygens (including phenoxy) is 1. The molecule has 0 aromatic carbocycles. The van der Waals surface area contributed by atoms with E-state index in [0.29, 0.717) is 36.3 Å². The molecule has 0 spiro atoms. The molecule has 2 aliphatic rings. The van der Waals surface area contributed by atoms with Gasteiger partial charge in [-0.3, -0.25) is 9.59 Å². The molecule has 3 aromatic heterocycles. The lowest BCUT2D eigenvalue weighted by Crippen LogP contribution is -2.65. The molecule has 1 atom stereocenters. The second-order valence-corrected chi connectivity index (χ2v) is 12.0. The van der Waals surface area contributed by atoms with E-state index >= 15 is 0 Å². The van der Waals surface area contributed by atoms with Crippen LogP contribution < -0.4 is 16.2 Å². The Morgan fingerprint density at radius 1 is 1.31 bits per heavy atom. The second-order valence-electron chi connectivity index (χ2n) is 11.1. The first-order chi connectivity index (χ1) is 18.8. The Morgan fingerprint density at radius 3 is 2.69 bits per heavy atom. The summed E-state index contributed by atoms with van der Waals surface area (Å²) in [6.07, 6.45) is 7.69. The number of nitrogens with one attached hydrogen (secondary N) is 3. The standard InChI is InChI=1S/C29H38FN5O3S/c1-17-12-24(39-4)23(27(36)33-17)13-32-28(37)25-19(3)35(26-22(25)6-5-11-31-26)18(2)20-7-9-21(10-8-20)34-29(14-30)15-38-16-29/h5-6,11-12,18,20-21,34H,7-10,13-16H2,1-4H3,(H,32,37)(H,33,36)/t18-,20?,21?/m1/s1. The third-order valence-corrected chi connectivity index (χ3v) is 9.30. The molecule has 1 aliphatic heterocycles. The summed E-state index contributed by atoms with van der Waals surface area (Å²) in [6.45, 7) is 6.68. The number of nitrogens with zero attached hydrogens (tertiary/aromatic N) is 2. The van der Waals surface area contributed by atoms with Crippen LogP contribution in [0.3, 0.4) is 0 Å². The van der Waals surface area contributed by atoms with E-state index < -0.39 is 12.2 Å². The van der Waals surface area contributed by atoms with Crippen molar-refractivity contribution < 1.29 is 13.9 Å². The number of thioether (sulfide) groups is 1. The first-order valence-corrected chi connectivity index (χ1v) is 14.9. The van der Waals surface area contributed by atoms with Gasteiger partial charge in [-0.2, -0.15) is 0 Å². The lowest BCUT2D eigenvalue weighted by molar-refractivity contribution is -0.0917. The Balaban J connectivity index is 1.34. The Morgan fingerprint density at radius 2 is 2.05 bits per heavy atom. The fourth-order valence-electron chi connectivity index (χ4n) is 6.27. The van der Waals surface area contributed by atoms with Crippen molar-refractivity contribution in [3.8, 4) is 0 Å². The van der Waals surface area contributed by atoms with Gasteiger partial charge in [0.25, 0.3) is 11.5 Å². The van der Waals surface area contributed by atoms with Crippen molar-refractivity contribution in [2.45, 2.75) is 75.5 Å². The van der Waals surface area contributed by atoms with Crippen LogP contribution in [0.2, 0.25) is 0 Å². The van der Waals surface area contributed by atoms with E-state index in [4.69, 9.17) is 4.74 Å². The molecule has 39 heavy (non-hydrogen) atoms. The van der Waals surface area contributed by atoms with Gasteiger partial charge in [0.1, 0.15) is 12.3 Å². The van der Waals surface area contributed by atoms with Crippen LogP contribution in [0.15, 0.2) is 34.1 Å². The number of hydrogen-bond donors (Lipinski definition) is 3. The van der Waals surface area contributed by atoms with Gasteiger partial charge in [0.2, 0.25) is 0 Å². The maximum absolute atomic E-state index is 13.6. The first-order valence-electron chi connectivity index (χ1n) is 13.7. The highest BCUT2D eigenvalue weighted by atomic mass is 32.2. The van der Waals surface area contributed by atoms with Gasteiger partial charge in [-0.25, -0.2) is 9.37 Å². The van der Waals surface area contributed by atoms with Crippen LogP contribution in [0.25, 0.3) is 11.0 Å². The van der Waals surface area contributed by atoms with Gasteiger partial charge in [0, 0.05) is 52.1 Å². The van der Waals surface area contributed by atoms with E-state index in [-0.39, 0.29) is 24.1 Å². The van der Waals surface area contributed by atoms with Crippen LogP contribution in [-0.2, 0) is 11.3 Å². The molecule has 0 bridgehead atoms. The number of halogens is 1. The number of H-pyrrole nitrogens is 1. The summed E-state index contributed by atoms with van der Waals surface area (Å²) in [7, 11) is 0. The van der Waals surface area contributed by atoms with Crippen molar-refractivity contribution in [3.05, 3.63) is 57.3 Å². The third kappa shape index (κ3) is 5.38. The summed E-state index contributed by atoms with van der Waals surface area (Å²) in [6, 6.07) is 6.17. The molecule has 4 heterocycles. The number of aromatic nitrogens is 3. The minimum absolute atomic E-state index is 0.148. The maximum atomic E-state index is 13.6.